The highest BCUT2D eigenvalue weighted by Crippen LogP contribution is 2.44. The predicted octanol–water partition coefficient (Wildman–Crippen LogP) is 6.43. The summed E-state index contributed by atoms with van der Waals surface area (Å²) < 4.78 is 12.5. The molecule has 5 aromatic rings. The van der Waals surface area contributed by atoms with Gasteiger partial charge in [-0.05, 0) is 42.5 Å². The summed E-state index contributed by atoms with van der Waals surface area (Å²) in [6.07, 6.45) is 0. The fourth-order valence-electron chi connectivity index (χ4n) is 4.84. The molecule has 0 unspecified atom stereocenters. The first-order valence-corrected chi connectivity index (χ1v) is 13.5. The van der Waals surface area contributed by atoms with Crippen LogP contribution in [0.4, 0.5) is 11.4 Å². The molecule has 42 heavy (non-hydrogen) atoms. The molecule has 5 rings (SSSR count). The summed E-state index contributed by atoms with van der Waals surface area (Å²) in [6.45, 7) is 0. The van der Waals surface area contributed by atoms with E-state index in [4.69, 9.17) is 14.5 Å². The molecule has 0 saturated heterocycles. The molecule has 1 N–H and O–H groups in total. The monoisotopic (exact) mass is 562 g/mol. The summed E-state index contributed by atoms with van der Waals surface area (Å²) in [5, 5.41) is 11.3. The summed E-state index contributed by atoms with van der Waals surface area (Å²) in [5.74, 6) is 0.489. The van der Waals surface area contributed by atoms with Gasteiger partial charge in [-0.1, -0.05) is 42.5 Å². The van der Waals surface area contributed by atoms with Crippen LogP contribution in [-0.4, -0.2) is 63.0 Å². The topological polar surface area (TPSA) is 80.1 Å². The van der Waals surface area contributed by atoms with Crippen molar-refractivity contribution in [3.63, 3.8) is 0 Å². The van der Waals surface area contributed by atoms with Crippen LogP contribution in [0.1, 0.15) is 10.4 Å². The van der Waals surface area contributed by atoms with Gasteiger partial charge in [0.1, 0.15) is 5.75 Å². The number of imidazole rings is 1. The van der Waals surface area contributed by atoms with E-state index >= 15 is 0 Å². The van der Waals surface area contributed by atoms with Crippen molar-refractivity contribution in [3.05, 3.63) is 96.6 Å². The van der Waals surface area contributed by atoms with Gasteiger partial charge in [0.05, 0.1) is 31.2 Å². The second kappa shape index (κ2) is 11.7. The Morgan fingerprint density at radius 2 is 1.33 bits per heavy atom. The van der Waals surface area contributed by atoms with Gasteiger partial charge in [0.2, 0.25) is 0 Å². The number of nitrogens with zero attached hydrogens (tertiary/aromatic N) is 4. The van der Waals surface area contributed by atoms with Gasteiger partial charge < -0.3 is 24.4 Å². The minimum atomic E-state index is -0.290. The van der Waals surface area contributed by atoms with E-state index in [9.17, 15) is 9.90 Å². The second-order valence-corrected chi connectivity index (χ2v) is 10.2. The van der Waals surface area contributed by atoms with Crippen molar-refractivity contribution in [2.24, 2.45) is 0 Å². The van der Waals surface area contributed by atoms with Crippen molar-refractivity contribution in [1.82, 2.24) is 9.55 Å². The van der Waals surface area contributed by atoms with E-state index < -0.39 is 0 Å². The third kappa shape index (κ3) is 5.26. The lowest BCUT2D eigenvalue weighted by atomic mass is 10.0. The van der Waals surface area contributed by atoms with Gasteiger partial charge in [-0.15, -0.1) is 0 Å². The third-order valence-electron chi connectivity index (χ3n) is 7.16. The Morgan fingerprint density at radius 3 is 1.86 bits per heavy atom. The van der Waals surface area contributed by atoms with Gasteiger partial charge >= 0.3 is 0 Å². The fourth-order valence-corrected chi connectivity index (χ4v) is 4.84. The van der Waals surface area contributed by atoms with Crippen LogP contribution < -0.4 is 19.3 Å². The predicted molar refractivity (Wildman–Crippen MR) is 168 cm³/mol. The molecule has 0 radical (unpaired) electrons. The van der Waals surface area contributed by atoms with Crippen LogP contribution in [-0.2, 0) is 0 Å². The van der Waals surface area contributed by atoms with Crippen LogP contribution >= 0.6 is 0 Å². The zero-order valence-corrected chi connectivity index (χ0v) is 24.6. The van der Waals surface area contributed by atoms with Gasteiger partial charge in [-0.2, -0.15) is 0 Å². The molecule has 4 aromatic carbocycles. The highest BCUT2D eigenvalue weighted by Gasteiger charge is 2.29. The first kappa shape index (κ1) is 28.3. The highest BCUT2D eigenvalue weighted by atomic mass is 16.5. The minimum Gasteiger partial charge on any atom is -0.504 e. The van der Waals surface area contributed by atoms with Crippen molar-refractivity contribution in [2.45, 2.75) is 0 Å². The van der Waals surface area contributed by atoms with Crippen molar-refractivity contribution in [2.75, 3.05) is 52.2 Å². The Kier molecular flexibility index (Phi) is 7.88. The summed E-state index contributed by atoms with van der Waals surface area (Å²) >= 11 is 0. The number of methoxy groups -OCH3 is 2. The van der Waals surface area contributed by atoms with E-state index in [-0.39, 0.29) is 23.2 Å². The molecule has 1 aromatic heterocycles. The second-order valence-electron chi connectivity index (χ2n) is 10.2. The van der Waals surface area contributed by atoms with E-state index in [1.54, 1.807) is 28.8 Å². The number of hydrogen-bond acceptors (Lipinski definition) is 7. The molecule has 8 nitrogen and oxygen atoms in total. The highest BCUT2D eigenvalue weighted by molar-refractivity contribution is 6.03. The van der Waals surface area contributed by atoms with E-state index in [1.165, 1.54) is 14.2 Å². The van der Waals surface area contributed by atoms with Crippen molar-refractivity contribution >= 4 is 17.3 Å². The molecule has 0 fully saturated rings. The molecule has 0 aliphatic rings. The number of phenols is 1. The van der Waals surface area contributed by atoms with Crippen LogP contribution in [0.3, 0.4) is 0 Å². The van der Waals surface area contributed by atoms with Crippen molar-refractivity contribution < 1.29 is 19.4 Å². The lowest BCUT2D eigenvalue weighted by Crippen LogP contribution is -2.15. The molecule has 0 amide bonds. The average molecular weight is 563 g/mol. The zero-order chi connectivity index (χ0) is 30.0. The first-order chi connectivity index (χ1) is 20.2. The number of carbonyl (C=O) groups excluding carboxylic acids is 1. The zero-order valence-electron chi connectivity index (χ0n) is 24.6. The van der Waals surface area contributed by atoms with Crippen LogP contribution in [0.5, 0.6) is 17.2 Å². The number of carbonyl (C=O) groups is 1. The summed E-state index contributed by atoms with van der Waals surface area (Å²) in [6, 6.07) is 28.3. The number of ether oxygens (including phenoxy) is 2. The summed E-state index contributed by atoms with van der Waals surface area (Å²) in [4.78, 5) is 23.5. The Bertz CT molecular complexity index is 1710. The van der Waals surface area contributed by atoms with Gasteiger partial charge in [0, 0.05) is 62.3 Å². The van der Waals surface area contributed by atoms with Gasteiger partial charge in [-0.25, -0.2) is 4.98 Å². The molecule has 0 bridgehead atoms. The number of hydrogen-bond donors (Lipinski definition) is 1. The van der Waals surface area contributed by atoms with E-state index in [0.717, 1.165) is 22.5 Å². The van der Waals surface area contributed by atoms with E-state index in [1.807, 2.05) is 105 Å². The van der Waals surface area contributed by atoms with Crippen LogP contribution in [0.2, 0.25) is 0 Å². The smallest absolute Gasteiger partial charge is 0.264 e. The van der Waals surface area contributed by atoms with Crippen molar-refractivity contribution in [1.29, 1.82) is 0 Å². The lowest BCUT2D eigenvalue weighted by Gasteiger charge is -2.16. The molecular formula is C34H34N4O4. The number of anilines is 2. The fraction of sp³-hybridized carbons (Fsp3) is 0.176. The molecule has 0 aliphatic heterocycles. The molecule has 8 heteroatoms. The quantitative estimate of drug-likeness (QED) is 0.234. The van der Waals surface area contributed by atoms with E-state index in [2.05, 4.69) is 0 Å². The van der Waals surface area contributed by atoms with Crippen molar-refractivity contribution in [3.8, 4) is 51.2 Å². The maximum atomic E-state index is 14.4. The molecular weight excluding hydrogens is 528 g/mol. The number of aromatic hydroxyl groups is 1. The van der Waals surface area contributed by atoms with Gasteiger partial charge in [-0.3, -0.25) is 9.36 Å². The number of phenolic OH excluding ortho intramolecular Hbond substituents is 1. The largest absolute Gasteiger partial charge is 0.504 e. The minimum absolute atomic E-state index is 0.144. The normalized spacial score (nSPS) is 10.8. The molecule has 1 heterocycles. The summed E-state index contributed by atoms with van der Waals surface area (Å²) in [7, 11) is 10.9. The molecule has 0 spiro atoms. The number of aromatic nitrogens is 2. The Balaban J connectivity index is 1.88. The lowest BCUT2D eigenvalue weighted by molar-refractivity contribution is 0.0963. The maximum absolute atomic E-state index is 14.4. The van der Waals surface area contributed by atoms with Crippen LogP contribution in [0, 0.1) is 0 Å². The average Bonchev–Trinajstić information content (AvgIpc) is 3.41. The number of rotatable bonds is 8. The molecule has 214 valence electrons. The maximum Gasteiger partial charge on any atom is 0.264 e. The van der Waals surface area contributed by atoms with Crippen LogP contribution in [0.15, 0.2) is 91.0 Å². The van der Waals surface area contributed by atoms with E-state index in [0.29, 0.717) is 28.3 Å². The Hall–Kier alpha value is -5.24. The Morgan fingerprint density at radius 1 is 0.762 bits per heavy atom. The van der Waals surface area contributed by atoms with Gasteiger partial charge in [0.25, 0.3) is 5.91 Å². The van der Waals surface area contributed by atoms with Crippen LogP contribution in [0.25, 0.3) is 33.9 Å². The third-order valence-corrected chi connectivity index (χ3v) is 7.16. The SMILES string of the molecule is COc1cc(OC)c(O)c(-c2nc(-c3ccc(N(C)C)cc3)c(-c3ccc(N(C)C)cc3)n2C(=O)c2ccccc2)c1. The van der Waals surface area contributed by atoms with Gasteiger partial charge in [0.15, 0.2) is 17.3 Å². The molecule has 0 saturated carbocycles. The first-order valence-electron chi connectivity index (χ1n) is 13.5. The molecule has 0 atom stereocenters. The standard InChI is InChI=1S/C34H34N4O4/c1-36(2)25-16-12-22(13-17-25)30-31(23-14-18-26(19-15-23)37(3)4)38(34(40)24-10-8-7-9-11-24)33(35-30)28-20-27(41-5)21-29(42-6)32(28)39/h7-21,39H,1-6H3. The Labute approximate surface area is 246 Å². The molecule has 0 aliphatic carbocycles. The number of benzene rings is 4. The summed E-state index contributed by atoms with van der Waals surface area (Å²) in [5.41, 5.74) is 5.65.